The highest BCUT2D eigenvalue weighted by molar-refractivity contribution is 5.93. The molecule has 1 aromatic rings. The minimum Gasteiger partial charge on any atom is -0.497 e. The average Bonchev–Trinajstić information content (AvgIpc) is 3.08. The molecule has 5 nitrogen and oxygen atoms in total. The second-order valence-electron chi connectivity index (χ2n) is 6.24. The molecule has 1 aromatic heterocycles. The van der Waals surface area contributed by atoms with E-state index in [0.717, 1.165) is 25.9 Å². The number of methoxy groups -OCH3 is 1. The molecule has 3 heterocycles. The molecule has 0 aliphatic carbocycles. The third-order valence-electron chi connectivity index (χ3n) is 4.74. The Labute approximate surface area is 132 Å². The summed E-state index contributed by atoms with van der Waals surface area (Å²) in [5.41, 5.74) is 0.493. The molecule has 2 aliphatic rings. The fraction of sp³-hybridized carbons (Fsp3) is 0.647. The van der Waals surface area contributed by atoms with E-state index in [2.05, 4.69) is 9.88 Å². The molecule has 0 saturated carbocycles. The Bertz CT molecular complexity index is 514. The van der Waals surface area contributed by atoms with Gasteiger partial charge < -0.3 is 14.5 Å². The average molecular weight is 303 g/mol. The van der Waals surface area contributed by atoms with E-state index in [0.29, 0.717) is 17.5 Å². The highest BCUT2D eigenvalue weighted by atomic mass is 16.5. The summed E-state index contributed by atoms with van der Waals surface area (Å²) >= 11 is 0. The molecule has 1 amide bonds. The maximum absolute atomic E-state index is 12.8. The molecule has 0 bridgehead atoms. The molecule has 0 spiro atoms. The maximum Gasteiger partial charge on any atom is 0.272 e. The van der Waals surface area contributed by atoms with Crippen LogP contribution >= 0.6 is 0 Å². The van der Waals surface area contributed by atoms with Gasteiger partial charge in [0.1, 0.15) is 11.4 Å². The van der Waals surface area contributed by atoms with Crippen LogP contribution in [0.25, 0.3) is 0 Å². The smallest absolute Gasteiger partial charge is 0.272 e. The van der Waals surface area contributed by atoms with Crippen LogP contribution in [0, 0.1) is 0 Å². The number of nitrogens with zero attached hydrogens (tertiary/aromatic N) is 3. The third kappa shape index (κ3) is 3.40. The van der Waals surface area contributed by atoms with Crippen molar-refractivity contribution < 1.29 is 9.53 Å². The van der Waals surface area contributed by atoms with Crippen molar-refractivity contribution in [1.29, 1.82) is 0 Å². The van der Waals surface area contributed by atoms with Crippen molar-refractivity contribution in [3.63, 3.8) is 0 Å². The Balaban J connectivity index is 1.72. The van der Waals surface area contributed by atoms with Crippen LogP contribution in [0.3, 0.4) is 0 Å². The fourth-order valence-electron chi connectivity index (χ4n) is 3.52. The first-order valence-electron chi connectivity index (χ1n) is 8.31. The van der Waals surface area contributed by atoms with E-state index in [4.69, 9.17) is 4.74 Å². The number of piperidine rings is 1. The van der Waals surface area contributed by atoms with Gasteiger partial charge in [0.05, 0.1) is 7.11 Å². The largest absolute Gasteiger partial charge is 0.497 e. The second kappa shape index (κ2) is 7.09. The van der Waals surface area contributed by atoms with Gasteiger partial charge in [0.25, 0.3) is 5.91 Å². The Hall–Kier alpha value is -1.62. The number of carbonyl (C=O) groups excluding carboxylic acids is 1. The second-order valence-corrected chi connectivity index (χ2v) is 6.24. The molecule has 2 aliphatic heterocycles. The molecule has 22 heavy (non-hydrogen) atoms. The van der Waals surface area contributed by atoms with E-state index in [9.17, 15) is 4.79 Å². The zero-order chi connectivity index (χ0) is 15.4. The van der Waals surface area contributed by atoms with Crippen LogP contribution in [0.5, 0.6) is 5.75 Å². The van der Waals surface area contributed by atoms with Gasteiger partial charge in [0, 0.05) is 31.4 Å². The number of rotatable bonds is 4. The van der Waals surface area contributed by atoms with Crippen LogP contribution in [-0.2, 0) is 0 Å². The first-order valence-corrected chi connectivity index (χ1v) is 8.31. The summed E-state index contributed by atoms with van der Waals surface area (Å²) in [4.78, 5) is 21.6. The van der Waals surface area contributed by atoms with E-state index >= 15 is 0 Å². The van der Waals surface area contributed by atoms with Gasteiger partial charge in [-0.3, -0.25) is 9.78 Å². The fourth-order valence-corrected chi connectivity index (χ4v) is 3.52. The summed E-state index contributed by atoms with van der Waals surface area (Å²) in [6.45, 7) is 4.21. The zero-order valence-electron chi connectivity index (χ0n) is 13.3. The van der Waals surface area contributed by atoms with Crippen LogP contribution < -0.4 is 4.74 Å². The molecule has 0 N–H and O–H groups in total. The predicted molar refractivity (Wildman–Crippen MR) is 85.1 cm³/mol. The standard InChI is InChI=1S/C17H25N3O2/c1-22-15-7-8-18-16(12-15)17(21)20-11-3-2-6-14(20)13-19-9-4-5-10-19/h7-8,12,14H,2-6,9-11,13H2,1H3/t14-/m1/s1. The lowest BCUT2D eigenvalue weighted by molar-refractivity contribution is 0.0554. The number of likely N-dealkylation sites (tertiary alicyclic amines) is 2. The molecule has 120 valence electrons. The number of hydrogen-bond acceptors (Lipinski definition) is 4. The van der Waals surface area contributed by atoms with Crippen LogP contribution in [-0.4, -0.2) is 60.0 Å². The molecule has 2 saturated heterocycles. The first kappa shape index (κ1) is 15.3. The quantitative estimate of drug-likeness (QED) is 0.855. The van der Waals surface area contributed by atoms with E-state index in [-0.39, 0.29) is 5.91 Å². The van der Waals surface area contributed by atoms with E-state index in [1.54, 1.807) is 25.4 Å². The SMILES string of the molecule is COc1ccnc(C(=O)N2CCCC[C@@H]2CN2CCCC2)c1. The van der Waals surface area contributed by atoms with E-state index in [1.165, 1.54) is 32.4 Å². The normalized spacial score (nSPS) is 22.8. The number of aromatic nitrogens is 1. The van der Waals surface area contributed by atoms with Crippen molar-refractivity contribution in [2.24, 2.45) is 0 Å². The van der Waals surface area contributed by atoms with Gasteiger partial charge in [-0.15, -0.1) is 0 Å². The predicted octanol–water partition coefficient (Wildman–Crippen LogP) is 2.18. The Morgan fingerprint density at radius 1 is 1.27 bits per heavy atom. The van der Waals surface area contributed by atoms with Crippen LogP contribution in [0.4, 0.5) is 0 Å². The van der Waals surface area contributed by atoms with Crippen molar-refractivity contribution in [2.75, 3.05) is 33.3 Å². The lowest BCUT2D eigenvalue weighted by Gasteiger charge is -2.37. The van der Waals surface area contributed by atoms with Gasteiger partial charge in [0.15, 0.2) is 0 Å². The van der Waals surface area contributed by atoms with Gasteiger partial charge in [-0.25, -0.2) is 0 Å². The zero-order valence-corrected chi connectivity index (χ0v) is 13.3. The molecule has 0 aromatic carbocycles. The maximum atomic E-state index is 12.8. The summed E-state index contributed by atoms with van der Waals surface area (Å²) in [6.07, 6.45) is 7.63. The van der Waals surface area contributed by atoms with E-state index < -0.39 is 0 Å². The van der Waals surface area contributed by atoms with Crippen molar-refractivity contribution in [3.8, 4) is 5.75 Å². The van der Waals surface area contributed by atoms with Crippen molar-refractivity contribution >= 4 is 5.91 Å². The Morgan fingerprint density at radius 2 is 2.05 bits per heavy atom. The number of carbonyl (C=O) groups is 1. The van der Waals surface area contributed by atoms with Gasteiger partial charge in [-0.05, 0) is 51.3 Å². The van der Waals surface area contributed by atoms with Crippen LogP contribution in [0.1, 0.15) is 42.6 Å². The van der Waals surface area contributed by atoms with E-state index in [1.807, 2.05) is 4.90 Å². The molecule has 1 atom stereocenters. The number of ether oxygens (including phenoxy) is 1. The highest BCUT2D eigenvalue weighted by Crippen LogP contribution is 2.22. The molecule has 0 radical (unpaired) electrons. The van der Waals surface area contributed by atoms with Crippen LogP contribution in [0.2, 0.25) is 0 Å². The molecule has 2 fully saturated rings. The molecule has 5 heteroatoms. The van der Waals surface area contributed by atoms with Gasteiger partial charge in [0.2, 0.25) is 0 Å². The summed E-state index contributed by atoms with van der Waals surface area (Å²) in [5, 5.41) is 0. The van der Waals surface area contributed by atoms with Crippen molar-refractivity contribution in [3.05, 3.63) is 24.0 Å². The number of hydrogen-bond donors (Lipinski definition) is 0. The lowest BCUT2D eigenvalue weighted by Crippen LogP contribution is -2.49. The number of amides is 1. The summed E-state index contributed by atoms with van der Waals surface area (Å²) in [6, 6.07) is 3.84. The Kier molecular flexibility index (Phi) is 4.93. The number of pyridine rings is 1. The molecular weight excluding hydrogens is 278 g/mol. The lowest BCUT2D eigenvalue weighted by atomic mass is 10.0. The van der Waals surface area contributed by atoms with Gasteiger partial charge >= 0.3 is 0 Å². The third-order valence-corrected chi connectivity index (χ3v) is 4.74. The van der Waals surface area contributed by atoms with Gasteiger partial charge in [-0.1, -0.05) is 0 Å². The van der Waals surface area contributed by atoms with Crippen LogP contribution in [0.15, 0.2) is 18.3 Å². The monoisotopic (exact) mass is 303 g/mol. The van der Waals surface area contributed by atoms with Crippen molar-refractivity contribution in [2.45, 2.75) is 38.1 Å². The summed E-state index contributed by atoms with van der Waals surface area (Å²) < 4.78 is 5.21. The van der Waals surface area contributed by atoms with Crippen molar-refractivity contribution in [1.82, 2.24) is 14.8 Å². The highest BCUT2D eigenvalue weighted by Gasteiger charge is 2.30. The summed E-state index contributed by atoms with van der Waals surface area (Å²) in [5.74, 6) is 0.731. The molecule has 0 unspecified atom stereocenters. The topological polar surface area (TPSA) is 45.7 Å². The first-order chi connectivity index (χ1) is 10.8. The minimum absolute atomic E-state index is 0.0443. The molecular formula is C17H25N3O2. The Morgan fingerprint density at radius 3 is 2.82 bits per heavy atom. The minimum atomic E-state index is 0.0443. The van der Waals surface area contributed by atoms with Gasteiger partial charge in [-0.2, -0.15) is 0 Å². The summed E-state index contributed by atoms with van der Waals surface area (Å²) in [7, 11) is 1.61. The molecule has 3 rings (SSSR count).